The molecule has 2 aromatic carbocycles. The van der Waals surface area contributed by atoms with Crippen molar-refractivity contribution in [3.05, 3.63) is 65.7 Å². The van der Waals surface area contributed by atoms with Gasteiger partial charge in [-0.05, 0) is 42.3 Å². The predicted octanol–water partition coefficient (Wildman–Crippen LogP) is 2.74. The molecule has 0 spiro atoms. The van der Waals surface area contributed by atoms with Crippen LogP contribution in [0.2, 0.25) is 0 Å². The standard InChI is InChI=1S/C16H16F2N2O/c17-13-5-7-14(8-6-13)20-11-16(21)19-10-9-12-3-1-2-4-15(12)18/h1-8,20H,9-11H2,(H,19,21). The van der Waals surface area contributed by atoms with E-state index in [1.165, 1.54) is 18.2 Å². The zero-order chi connectivity index (χ0) is 15.1. The number of anilines is 1. The van der Waals surface area contributed by atoms with Crippen molar-refractivity contribution in [2.24, 2.45) is 0 Å². The topological polar surface area (TPSA) is 41.1 Å². The molecule has 0 aliphatic rings. The Hall–Kier alpha value is -2.43. The van der Waals surface area contributed by atoms with E-state index in [1.54, 1.807) is 30.3 Å². The number of halogens is 2. The number of hydrogen-bond acceptors (Lipinski definition) is 2. The lowest BCUT2D eigenvalue weighted by Gasteiger charge is -2.08. The van der Waals surface area contributed by atoms with Gasteiger partial charge in [0.1, 0.15) is 11.6 Å². The molecule has 2 N–H and O–H groups in total. The van der Waals surface area contributed by atoms with Gasteiger partial charge in [0.05, 0.1) is 6.54 Å². The first-order valence-corrected chi connectivity index (χ1v) is 6.65. The van der Waals surface area contributed by atoms with Crippen LogP contribution in [0.15, 0.2) is 48.5 Å². The molecule has 5 heteroatoms. The van der Waals surface area contributed by atoms with E-state index in [0.717, 1.165) is 0 Å². The van der Waals surface area contributed by atoms with E-state index in [9.17, 15) is 13.6 Å². The van der Waals surface area contributed by atoms with Crippen molar-refractivity contribution in [2.45, 2.75) is 6.42 Å². The third kappa shape index (κ3) is 4.87. The Labute approximate surface area is 122 Å². The molecule has 21 heavy (non-hydrogen) atoms. The Morgan fingerprint density at radius 1 is 1.00 bits per heavy atom. The summed E-state index contributed by atoms with van der Waals surface area (Å²) in [6.45, 7) is 0.452. The molecule has 0 bridgehead atoms. The van der Waals surface area contributed by atoms with Crippen LogP contribution in [0.4, 0.5) is 14.5 Å². The normalized spacial score (nSPS) is 10.2. The van der Waals surface area contributed by atoms with Gasteiger partial charge in [0.15, 0.2) is 0 Å². The SMILES string of the molecule is O=C(CNc1ccc(F)cc1)NCCc1ccccc1F. The molecule has 0 atom stereocenters. The van der Waals surface area contributed by atoms with Gasteiger partial charge in [-0.2, -0.15) is 0 Å². The third-order valence-electron chi connectivity index (χ3n) is 2.97. The highest BCUT2D eigenvalue weighted by molar-refractivity contribution is 5.80. The van der Waals surface area contributed by atoms with Gasteiger partial charge in [0.25, 0.3) is 0 Å². The van der Waals surface area contributed by atoms with E-state index in [-0.39, 0.29) is 24.1 Å². The van der Waals surface area contributed by atoms with Crippen molar-refractivity contribution < 1.29 is 13.6 Å². The molecule has 1 amide bonds. The molecule has 3 nitrogen and oxygen atoms in total. The monoisotopic (exact) mass is 290 g/mol. The number of nitrogens with one attached hydrogen (secondary N) is 2. The van der Waals surface area contributed by atoms with Gasteiger partial charge in [-0.25, -0.2) is 8.78 Å². The number of carbonyl (C=O) groups is 1. The highest BCUT2D eigenvalue weighted by Crippen LogP contribution is 2.08. The van der Waals surface area contributed by atoms with Crippen molar-refractivity contribution >= 4 is 11.6 Å². The summed E-state index contributed by atoms with van der Waals surface area (Å²) in [4.78, 5) is 11.6. The van der Waals surface area contributed by atoms with E-state index >= 15 is 0 Å². The summed E-state index contributed by atoms with van der Waals surface area (Å²) in [5.74, 6) is -0.790. The van der Waals surface area contributed by atoms with Crippen LogP contribution in [0.5, 0.6) is 0 Å². The molecular weight excluding hydrogens is 274 g/mol. The molecule has 0 saturated heterocycles. The number of rotatable bonds is 6. The predicted molar refractivity (Wildman–Crippen MR) is 78.0 cm³/mol. The lowest BCUT2D eigenvalue weighted by Crippen LogP contribution is -2.31. The average Bonchev–Trinajstić information content (AvgIpc) is 2.49. The summed E-state index contributed by atoms with van der Waals surface area (Å²) in [7, 11) is 0. The maximum absolute atomic E-state index is 13.4. The summed E-state index contributed by atoms with van der Waals surface area (Å²) in [6, 6.07) is 12.2. The maximum Gasteiger partial charge on any atom is 0.239 e. The molecule has 0 aliphatic carbocycles. The Morgan fingerprint density at radius 3 is 2.43 bits per heavy atom. The van der Waals surface area contributed by atoms with Crippen molar-refractivity contribution in [1.29, 1.82) is 0 Å². The Balaban J connectivity index is 1.70. The zero-order valence-electron chi connectivity index (χ0n) is 11.4. The second-order valence-electron chi connectivity index (χ2n) is 4.55. The summed E-state index contributed by atoms with van der Waals surface area (Å²) in [5, 5.41) is 5.58. The fourth-order valence-electron chi connectivity index (χ4n) is 1.85. The van der Waals surface area contributed by atoms with Gasteiger partial charge in [0, 0.05) is 12.2 Å². The van der Waals surface area contributed by atoms with Crippen molar-refractivity contribution in [3.8, 4) is 0 Å². The van der Waals surface area contributed by atoms with Gasteiger partial charge in [-0.15, -0.1) is 0 Å². The first kappa shape index (κ1) is 15.0. The van der Waals surface area contributed by atoms with Gasteiger partial charge >= 0.3 is 0 Å². The molecule has 0 aliphatic heterocycles. The molecule has 0 aromatic heterocycles. The van der Waals surface area contributed by atoms with Crippen LogP contribution in [-0.4, -0.2) is 19.0 Å². The van der Waals surface area contributed by atoms with Crippen molar-refractivity contribution in [3.63, 3.8) is 0 Å². The minimum atomic E-state index is -0.324. The zero-order valence-corrected chi connectivity index (χ0v) is 11.4. The minimum Gasteiger partial charge on any atom is -0.376 e. The molecule has 0 fully saturated rings. The molecule has 0 unspecified atom stereocenters. The van der Waals surface area contributed by atoms with Crippen LogP contribution < -0.4 is 10.6 Å². The molecule has 0 saturated carbocycles. The first-order valence-electron chi connectivity index (χ1n) is 6.65. The summed E-state index contributed by atoms with van der Waals surface area (Å²) in [5.41, 5.74) is 1.24. The fourth-order valence-corrected chi connectivity index (χ4v) is 1.85. The minimum absolute atomic E-state index is 0.0862. The van der Waals surface area contributed by atoms with E-state index in [1.807, 2.05) is 0 Å². The van der Waals surface area contributed by atoms with Gasteiger partial charge < -0.3 is 10.6 Å². The third-order valence-corrected chi connectivity index (χ3v) is 2.97. The Kier molecular flexibility index (Phi) is 5.26. The van der Waals surface area contributed by atoms with Crippen molar-refractivity contribution in [1.82, 2.24) is 5.32 Å². The Bertz CT molecular complexity index is 599. The molecule has 2 aromatic rings. The van der Waals surface area contributed by atoms with Crippen LogP contribution in [0.3, 0.4) is 0 Å². The number of amides is 1. The van der Waals surface area contributed by atoms with Crippen LogP contribution in [0.1, 0.15) is 5.56 Å². The maximum atomic E-state index is 13.4. The molecule has 110 valence electrons. The lowest BCUT2D eigenvalue weighted by atomic mass is 10.1. The second-order valence-corrected chi connectivity index (χ2v) is 4.55. The summed E-state index contributed by atoms with van der Waals surface area (Å²) >= 11 is 0. The largest absolute Gasteiger partial charge is 0.376 e. The van der Waals surface area contributed by atoms with Gasteiger partial charge in [-0.3, -0.25) is 4.79 Å². The van der Waals surface area contributed by atoms with Crippen LogP contribution >= 0.6 is 0 Å². The Morgan fingerprint density at radius 2 is 1.71 bits per heavy atom. The molecular formula is C16H16F2N2O. The number of benzene rings is 2. The summed E-state index contributed by atoms with van der Waals surface area (Å²) < 4.78 is 26.1. The number of carbonyl (C=O) groups excluding carboxylic acids is 1. The first-order chi connectivity index (χ1) is 10.1. The highest BCUT2D eigenvalue weighted by atomic mass is 19.1. The van der Waals surface area contributed by atoms with E-state index in [4.69, 9.17) is 0 Å². The molecule has 2 rings (SSSR count). The van der Waals surface area contributed by atoms with E-state index < -0.39 is 0 Å². The molecule has 0 radical (unpaired) electrons. The average molecular weight is 290 g/mol. The van der Waals surface area contributed by atoms with E-state index in [0.29, 0.717) is 24.2 Å². The van der Waals surface area contributed by atoms with Crippen LogP contribution in [-0.2, 0) is 11.2 Å². The van der Waals surface area contributed by atoms with Crippen LogP contribution in [0.25, 0.3) is 0 Å². The van der Waals surface area contributed by atoms with Crippen LogP contribution in [0, 0.1) is 11.6 Å². The number of hydrogen-bond donors (Lipinski definition) is 2. The smallest absolute Gasteiger partial charge is 0.239 e. The van der Waals surface area contributed by atoms with Gasteiger partial charge in [-0.1, -0.05) is 18.2 Å². The lowest BCUT2D eigenvalue weighted by molar-refractivity contribution is -0.119. The fraction of sp³-hybridized carbons (Fsp3) is 0.188. The van der Waals surface area contributed by atoms with Crippen molar-refractivity contribution in [2.75, 3.05) is 18.4 Å². The highest BCUT2D eigenvalue weighted by Gasteiger charge is 2.03. The van der Waals surface area contributed by atoms with E-state index in [2.05, 4.69) is 10.6 Å². The summed E-state index contributed by atoms with van der Waals surface area (Å²) in [6.07, 6.45) is 0.439. The second kappa shape index (κ2) is 7.38. The quantitative estimate of drug-likeness (QED) is 0.859. The molecule has 0 heterocycles. The van der Waals surface area contributed by atoms with Gasteiger partial charge in [0.2, 0.25) is 5.91 Å².